The van der Waals surface area contributed by atoms with Crippen molar-refractivity contribution in [2.45, 2.75) is 19.8 Å². The highest BCUT2D eigenvalue weighted by Crippen LogP contribution is 2.11. The molecule has 0 saturated heterocycles. The zero-order valence-electron chi connectivity index (χ0n) is 8.62. The molecule has 0 aliphatic heterocycles. The van der Waals surface area contributed by atoms with Crippen molar-refractivity contribution < 1.29 is 4.79 Å². The van der Waals surface area contributed by atoms with Gasteiger partial charge in [0.25, 0.3) is 0 Å². The molecule has 1 aromatic carbocycles. The summed E-state index contributed by atoms with van der Waals surface area (Å²) in [4.78, 5) is 11.5. The first-order valence-electron chi connectivity index (χ1n) is 4.83. The van der Waals surface area contributed by atoms with Crippen LogP contribution < -0.4 is 11.1 Å². The highest BCUT2D eigenvalue weighted by atomic mass is 32.1. The molecular weight excluding hydrogens is 208 g/mol. The molecule has 4 heteroatoms. The molecule has 0 amide bonds. The number of anilines is 1. The van der Waals surface area contributed by atoms with Crippen molar-refractivity contribution in [2.24, 2.45) is 5.73 Å². The molecule has 0 aliphatic carbocycles. The van der Waals surface area contributed by atoms with Crippen molar-refractivity contribution >= 4 is 28.8 Å². The second-order valence-corrected chi connectivity index (χ2v) is 3.68. The number of carbonyl (C=O) groups excluding carboxylic acids is 1. The highest BCUT2D eigenvalue weighted by Gasteiger charge is 2.03. The van der Waals surface area contributed by atoms with Gasteiger partial charge in [-0.15, -0.1) is 0 Å². The lowest BCUT2D eigenvalue weighted by molar-refractivity contribution is 0.0982. The SMILES string of the molecule is CCCC(=O)c1ccc(NC(N)=S)cc1. The van der Waals surface area contributed by atoms with E-state index in [1.807, 2.05) is 6.92 Å². The van der Waals surface area contributed by atoms with Crippen molar-refractivity contribution in [2.75, 3.05) is 5.32 Å². The van der Waals surface area contributed by atoms with Crippen LogP contribution in [-0.2, 0) is 0 Å². The molecule has 80 valence electrons. The van der Waals surface area contributed by atoms with Crippen LogP contribution >= 0.6 is 12.2 Å². The molecule has 0 bridgehead atoms. The minimum absolute atomic E-state index is 0.166. The highest BCUT2D eigenvalue weighted by molar-refractivity contribution is 7.80. The Hall–Kier alpha value is -1.42. The van der Waals surface area contributed by atoms with E-state index in [0.717, 1.165) is 17.7 Å². The van der Waals surface area contributed by atoms with Gasteiger partial charge in [-0.1, -0.05) is 6.92 Å². The number of thiocarbonyl (C=S) groups is 1. The van der Waals surface area contributed by atoms with E-state index in [1.54, 1.807) is 24.3 Å². The summed E-state index contributed by atoms with van der Waals surface area (Å²) in [6.07, 6.45) is 1.45. The van der Waals surface area contributed by atoms with E-state index in [2.05, 4.69) is 5.32 Å². The monoisotopic (exact) mass is 222 g/mol. The van der Waals surface area contributed by atoms with E-state index in [9.17, 15) is 4.79 Å². The second kappa shape index (κ2) is 5.46. The number of nitrogens with one attached hydrogen (secondary N) is 1. The smallest absolute Gasteiger partial charge is 0.168 e. The predicted octanol–water partition coefficient (Wildman–Crippen LogP) is 2.32. The lowest BCUT2D eigenvalue weighted by Crippen LogP contribution is -2.18. The standard InChI is InChI=1S/C11H14N2OS/c1-2-3-10(14)8-4-6-9(7-5-8)13-11(12)15/h4-7H,2-3H2,1H3,(H3,12,13,15). The Bertz CT molecular complexity index is 359. The Morgan fingerprint density at radius 2 is 2.00 bits per heavy atom. The first kappa shape index (κ1) is 11.7. The van der Waals surface area contributed by atoms with Gasteiger partial charge < -0.3 is 11.1 Å². The molecule has 1 rings (SSSR count). The molecule has 3 N–H and O–H groups in total. The number of rotatable bonds is 4. The Kier molecular flexibility index (Phi) is 4.24. The summed E-state index contributed by atoms with van der Waals surface area (Å²) in [7, 11) is 0. The van der Waals surface area contributed by atoms with Crippen LogP contribution in [0.25, 0.3) is 0 Å². The molecule has 0 spiro atoms. The average molecular weight is 222 g/mol. The Labute approximate surface area is 94.7 Å². The van der Waals surface area contributed by atoms with Gasteiger partial charge in [-0.3, -0.25) is 4.79 Å². The summed E-state index contributed by atoms with van der Waals surface area (Å²) in [5, 5.41) is 3.03. The van der Waals surface area contributed by atoms with Crippen molar-refractivity contribution in [3.05, 3.63) is 29.8 Å². The molecule has 1 aromatic rings. The van der Waals surface area contributed by atoms with Gasteiger partial charge in [-0.25, -0.2) is 0 Å². The number of benzene rings is 1. The first-order chi connectivity index (χ1) is 7.13. The topological polar surface area (TPSA) is 55.1 Å². The fourth-order valence-corrected chi connectivity index (χ4v) is 1.37. The summed E-state index contributed by atoms with van der Waals surface area (Å²) in [6, 6.07) is 7.14. The Balaban J connectivity index is 2.71. The predicted molar refractivity (Wildman–Crippen MR) is 66.1 cm³/mol. The third-order valence-electron chi connectivity index (χ3n) is 1.95. The van der Waals surface area contributed by atoms with E-state index in [0.29, 0.717) is 6.42 Å². The molecule has 0 fully saturated rings. The van der Waals surface area contributed by atoms with Crippen molar-refractivity contribution in [1.29, 1.82) is 0 Å². The minimum Gasteiger partial charge on any atom is -0.376 e. The number of Topliss-reactive ketones (excluding diaryl/α,β-unsaturated/α-hetero) is 1. The maximum atomic E-state index is 11.5. The fraction of sp³-hybridized carbons (Fsp3) is 0.273. The van der Waals surface area contributed by atoms with E-state index in [-0.39, 0.29) is 10.9 Å². The zero-order chi connectivity index (χ0) is 11.3. The summed E-state index contributed by atoms with van der Waals surface area (Å²) >= 11 is 4.70. The van der Waals surface area contributed by atoms with Crippen LogP contribution in [0.15, 0.2) is 24.3 Å². The van der Waals surface area contributed by atoms with Gasteiger partial charge in [0.05, 0.1) is 0 Å². The second-order valence-electron chi connectivity index (χ2n) is 3.24. The molecule has 0 unspecified atom stereocenters. The van der Waals surface area contributed by atoms with Gasteiger partial charge in [-0.2, -0.15) is 0 Å². The summed E-state index contributed by atoms with van der Waals surface area (Å²) in [5.41, 5.74) is 6.85. The molecule has 0 aliphatic rings. The largest absolute Gasteiger partial charge is 0.376 e. The molecule has 3 nitrogen and oxygen atoms in total. The molecule has 0 heterocycles. The fourth-order valence-electron chi connectivity index (χ4n) is 1.25. The maximum Gasteiger partial charge on any atom is 0.168 e. The van der Waals surface area contributed by atoms with Gasteiger partial charge in [0, 0.05) is 17.7 Å². The third-order valence-corrected chi connectivity index (χ3v) is 2.05. The van der Waals surface area contributed by atoms with Crippen LogP contribution in [0.2, 0.25) is 0 Å². The van der Waals surface area contributed by atoms with Crippen LogP contribution in [0.5, 0.6) is 0 Å². The van der Waals surface area contributed by atoms with Gasteiger partial charge in [-0.05, 0) is 42.9 Å². The number of carbonyl (C=O) groups is 1. The molecule has 15 heavy (non-hydrogen) atoms. The summed E-state index contributed by atoms with van der Waals surface area (Å²) in [6.45, 7) is 1.99. The van der Waals surface area contributed by atoms with Gasteiger partial charge in [0.1, 0.15) is 0 Å². The van der Waals surface area contributed by atoms with E-state index < -0.39 is 0 Å². The molecule has 0 radical (unpaired) electrons. The van der Waals surface area contributed by atoms with Crippen LogP contribution in [0.4, 0.5) is 5.69 Å². The van der Waals surface area contributed by atoms with Crippen molar-refractivity contribution in [1.82, 2.24) is 0 Å². The lowest BCUT2D eigenvalue weighted by atomic mass is 10.1. The van der Waals surface area contributed by atoms with Crippen LogP contribution in [0, 0.1) is 0 Å². The number of ketones is 1. The first-order valence-corrected chi connectivity index (χ1v) is 5.24. The minimum atomic E-state index is 0.166. The third kappa shape index (κ3) is 3.67. The van der Waals surface area contributed by atoms with Gasteiger partial charge in [0.15, 0.2) is 10.9 Å². The molecule has 0 saturated carbocycles. The zero-order valence-corrected chi connectivity index (χ0v) is 9.43. The van der Waals surface area contributed by atoms with Crippen LogP contribution in [-0.4, -0.2) is 10.9 Å². The quantitative estimate of drug-likeness (QED) is 0.606. The Morgan fingerprint density at radius 1 is 1.40 bits per heavy atom. The summed E-state index contributed by atoms with van der Waals surface area (Å²) in [5.74, 6) is 0.166. The average Bonchev–Trinajstić information content (AvgIpc) is 2.18. The maximum absolute atomic E-state index is 11.5. The van der Waals surface area contributed by atoms with Gasteiger partial charge in [0.2, 0.25) is 0 Å². The van der Waals surface area contributed by atoms with Crippen LogP contribution in [0.3, 0.4) is 0 Å². The van der Waals surface area contributed by atoms with Crippen molar-refractivity contribution in [3.8, 4) is 0 Å². The number of nitrogens with two attached hydrogens (primary N) is 1. The number of hydrogen-bond acceptors (Lipinski definition) is 2. The summed E-state index contributed by atoms with van der Waals surface area (Å²) < 4.78 is 0. The molecular formula is C11H14N2OS. The van der Waals surface area contributed by atoms with E-state index in [1.165, 1.54) is 0 Å². The molecule has 0 aromatic heterocycles. The molecule has 0 atom stereocenters. The lowest BCUT2D eigenvalue weighted by Gasteiger charge is -2.04. The van der Waals surface area contributed by atoms with Crippen molar-refractivity contribution in [3.63, 3.8) is 0 Å². The van der Waals surface area contributed by atoms with Crippen LogP contribution in [0.1, 0.15) is 30.1 Å². The normalized spacial score (nSPS) is 9.67. The van der Waals surface area contributed by atoms with Gasteiger partial charge >= 0.3 is 0 Å². The Morgan fingerprint density at radius 3 is 2.47 bits per heavy atom. The van der Waals surface area contributed by atoms with E-state index >= 15 is 0 Å². The van der Waals surface area contributed by atoms with E-state index in [4.69, 9.17) is 18.0 Å². The number of hydrogen-bond donors (Lipinski definition) is 2.